The maximum Gasteiger partial charge on any atom is 0.245 e. The molecular formula is C15H21N5. The zero-order valence-electron chi connectivity index (χ0n) is 11.8. The molecule has 2 aromatic rings. The summed E-state index contributed by atoms with van der Waals surface area (Å²) < 4.78 is 0. The van der Waals surface area contributed by atoms with Crippen LogP contribution in [0.5, 0.6) is 0 Å². The van der Waals surface area contributed by atoms with Gasteiger partial charge in [-0.05, 0) is 38.3 Å². The predicted molar refractivity (Wildman–Crippen MR) is 80.5 cm³/mol. The highest BCUT2D eigenvalue weighted by Crippen LogP contribution is 2.22. The highest BCUT2D eigenvalue weighted by Gasteiger charge is 2.21. The fourth-order valence-corrected chi connectivity index (χ4v) is 2.68. The molecule has 0 radical (unpaired) electrons. The number of aryl methyl sites for hydroxylation is 1. The molecule has 0 spiro atoms. The topological polar surface area (TPSA) is 70.8 Å². The molecule has 1 aromatic heterocycles. The van der Waals surface area contributed by atoms with E-state index in [9.17, 15) is 0 Å². The molecule has 0 bridgehead atoms. The lowest BCUT2D eigenvalue weighted by Gasteiger charge is -2.30. The van der Waals surface area contributed by atoms with Gasteiger partial charge in [-0.25, -0.2) is 0 Å². The number of nitrogens with two attached hydrogens (primary N) is 1. The van der Waals surface area contributed by atoms with Gasteiger partial charge < -0.3 is 10.6 Å². The summed E-state index contributed by atoms with van der Waals surface area (Å²) in [4.78, 5) is 6.86. The molecule has 0 aliphatic carbocycles. The summed E-state index contributed by atoms with van der Waals surface area (Å²) in [6, 6.07) is 8.29. The first-order valence-corrected chi connectivity index (χ1v) is 7.20. The van der Waals surface area contributed by atoms with Crippen LogP contribution in [0.3, 0.4) is 0 Å². The molecule has 3 N–H and O–H groups in total. The third-order valence-electron chi connectivity index (χ3n) is 4.00. The smallest absolute Gasteiger partial charge is 0.245 e. The quantitative estimate of drug-likeness (QED) is 0.895. The number of rotatable bonds is 3. The predicted octanol–water partition coefficient (Wildman–Crippen LogP) is 1.96. The first-order chi connectivity index (χ1) is 9.76. The number of aromatic amines is 1. The van der Waals surface area contributed by atoms with E-state index in [0.29, 0.717) is 5.92 Å². The van der Waals surface area contributed by atoms with E-state index >= 15 is 0 Å². The van der Waals surface area contributed by atoms with E-state index in [0.717, 1.165) is 49.8 Å². The van der Waals surface area contributed by atoms with Gasteiger partial charge in [-0.15, -0.1) is 5.10 Å². The van der Waals surface area contributed by atoms with Crippen molar-refractivity contribution in [1.82, 2.24) is 15.2 Å². The van der Waals surface area contributed by atoms with Gasteiger partial charge in [-0.3, -0.25) is 5.10 Å². The summed E-state index contributed by atoms with van der Waals surface area (Å²) in [5.74, 6) is 2.29. The SMILES string of the molecule is Cc1cccc(-c2nc(N3CCC(CN)CC3)n[nH]2)c1. The van der Waals surface area contributed by atoms with Gasteiger partial charge in [-0.1, -0.05) is 23.8 Å². The van der Waals surface area contributed by atoms with Gasteiger partial charge in [0.05, 0.1) is 0 Å². The average Bonchev–Trinajstić information content (AvgIpc) is 2.97. The van der Waals surface area contributed by atoms with Crippen molar-refractivity contribution in [2.75, 3.05) is 24.5 Å². The molecule has 3 rings (SSSR count). The molecule has 0 saturated carbocycles. The Balaban J connectivity index is 1.74. The molecule has 1 aliphatic rings. The largest absolute Gasteiger partial charge is 0.340 e. The van der Waals surface area contributed by atoms with Crippen molar-refractivity contribution in [2.24, 2.45) is 11.7 Å². The zero-order chi connectivity index (χ0) is 13.9. The van der Waals surface area contributed by atoms with Crippen LogP contribution in [0.15, 0.2) is 24.3 Å². The van der Waals surface area contributed by atoms with Crippen molar-refractivity contribution in [3.05, 3.63) is 29.8 Å². The lowest BCUT2D eigenvalue weighted by atomic mass is 9.97. The van der Waals surface area contributed by atoms with E-state index in [1.807, 2.05) is 6.07 Å². The Bertz CT molecular complexity index is 569. The van der Waals surface area contributed by atoms with E-state index < -0.39 is 0 Å². The van der Waals surface area contributed by atoms with Crippen LogP contribution in [-0.2, 0) is 0 Å². The van der Waals surface area contributed by atoms with E-state index in [2.05, 4.69) is 45.2 Å². The summed E-state index contributed by atoms with van der Waals surface area (Å²) in [7, 11) is 0. The van der Waals surface area contributed by atoms with Gasteiger partial charge in [-0.2, -0.15) is 4.98 Å². The number of H-pyrrole nitrogens is 1. The number of hydrogen-bond acceptors (Lipinski definition) is 4. The van der Waals surface area contributed by atoms with Crippen LogP contribution >= 0.6 is 0 Å². The maximum atomic E-state index is 5.73. The summed E-state index contributed by atoms with van der Waals surface area (Å²) in [6.45, 7) is 4.86. The molecule has 5 heteroatoms. The molecule has 0 amide bonds. The molecule has 1 fully saturated rings. The standard InChI is InChI=1S/C15H21N5/c1-11-3-2-4-13(9-11)14-17-15(19-18-14)20-7-5-12(10-16)6-8-20/h2-4,9,12H,5-8,10,16H2,1H3,(H,17,18,19). The lowest BCUT2D eigenvalue weighted by molar-refractivity contribution is 0.411. The lowest BCUT2D eigenvalue weighted by Crippen LogP contribution is -2.36. The summed E-state index contributed by atoms with van der Waals surface area (Å²) in [5.41, 5.74) is 8.04. The Morgan fingerprint density at radius 2 is 2.15 bits per heavy atom. The van der Waals surface area contributed by atoms with Gasteiger partial charge in [0.1, 0.15) is 0 Å². The summed E-state index contributed by atoms with van der Waals surface area (Å²) in [5, 5.41) is 7.40. The number of benzene rings is 1. The van der Waals surface area contributed by atoms with Crippen LogP contribution in [0, 0.1) is 12.8 Å². The van der Waals surface area contributed by atoms with Crippen LogP contribution in [0.2, 0.25) is 0 Å². The van der Waals surface area contributed by atoms with Gasteiger partial charge in [0.15, 0.2) is 5.82 Å². The van der Waals surface area contributed by atoms with Crippen molar-refractivity contribution in [3.8, 4) is 11.4 Å². The number of nitrogens with zero attached hydrogens (tertiary/aromatic N) is 3. The maximum absolute atomic E-state index is 5.73. The monoisotopic (exact) mass is 271 g/mol. The van der Waals surface area contributed by atoms with Crippen molar-refractivity contribution in [1.29, 1.82) is 0 Å². The Kier molecular flexibility index (Phi) is 3.69. The molecule has 0 atom stereocenters. The van der Waals surface area contributed by atoms with E-state index in [4.69, 9.17) is 5.73 Å². The second-order valence-corrected chi connectivity index (χ2v) is 5.52. The summed E-state index contributed by atoms with van der Waals surface area (Å²) in [6.07, 6.45) is 2.26. The Morgan fingerprint density at radius 3 is 2.85 bits per heavy atom. The second-order valence-electron chi connectivity index (χ2n) is 5.52. The van der Waals surface area contributed by atoms with E-state index in [1.54, 1.807) is 0 Å². The highest BCUT2D eigenvalue weighted by atomic mass is 15.4. The van der Waals surface area contributed by atoms with E-state index in [1.165, 1.54) is 5.56 Å². The average molecular weight is 271 g/mol. The number of aromatic nitrogens is 3. The molecule has 1 aromatic carbocycles. The zero-order valence-corrected chi connectivity index (χ0v) is 11.8. The number of anilines is 1. The molecule has 106 valence electrons. The molecule has 1 aliphatic heterocycles. The fourth-order valence-electron chi connectivity index (χ4n) is 2.68. The first kappa shape index (κ1) is 13.1. The van der Waals surface area contributed by atoms with Crippen LogP contribution in [0.25, 0.3) is 11.4 Å². The molecule has 0 unspecified atom stereocenters. The van der Waals surface area contributed by atoms with Crippen molar-refractivity contribution < 1.29 is 0 Å². The Morgan fingerprint density at radius 1 is 1.35 bits per heavy atom. The molecule has 5 nitrogen and oxygen atoms in total. The van der Waals surface area contributed by atoms with Gasteiger partial charge in [0.2, 0.25) is 5.95 Å². The van der Waals surface area contributed by atoms with Crippen molar-refractivity contribution in [3.63, 3.8) is 0 Å². The van der Waals surface area contributed by atoms with E-state index in [-0.39, 0.29) is 0 Å². The minimum atomic E-state index is 0.654. The normalized spacial score (nSPS) is 16.6. The minimum absolute atomic E-state index is 0.654. The first-order valence-electron chi connectivity index (χ1n) is 7.20. The van der Waals surface area contributed by atoms with Crippen molar-refractivity contribution in [2.45, 2.75) is 19.8 Å². The van der Waals surface area contributed by atoms with Gasteiger partial charge in [0, 0.05) is 18.7 Å². The van der Waals surface area contributed by atoms with Crippen LogP contribution < -0.4 is 10.6 Å². The molecule has 20 heavy (non-hydrogen) atoms. The van der Waals surface area contributed by atoms with Gasteiger partial charge in [0.25, 0.3) is 0 Å². The van der Waals surface area contributed by atoms with Crippen LogP contribution in [0.4, 0.5) is 5.95 Å². The third kappa shape index (κ3) is 2.67. The Hall–Kier alpha value is -1.88. The molecule has 1 saturated heterocycles. The highest BCUT2D eigenvalue weighted by molar-refractivity contribution is 5.57. The summed E-state index contributed by atoms with van der Waals surface area (Å²) >= 11 is 0. The Labute approximate surface area is 119 Å². The molecule has 2 heterocycles. The minimum Gasteiger partial charge on any atom is -0.340 e. The fraction of sp³-hybridized carbons (Fsp3) is 0.467. The van der Waals surface area contributed by atoms with Crippen molar-refractivity contribution >= 4 is 5.95 Å². The van der Waals surface area contributed by atoms with Crippen LogP contribution in [0.1, 0.15) is 18.4 Å². The van der Waals surface area contributed by atoms with Crippen LogP contribution in [-0.4, -0.2) is 34.8 Å². The number of piperidine rings is 1. The molecular weight excluding hydrogens is 250 g/mol. The number of hydrogen-bond donors (Lipinski definition) is 2. The van der Waals surface area contributed by atoms with Gasteiger partial charge >= 0.3 is 0 Å². The third-order valence-corrected chi connectivity index (χ3v) is 4.00. The second kappa shape index (κ2) is 5.63. The number of nitrogens with one attached hydrogen (secondary N) is 1.